The van der Waals surface area contributed by atoms with Gasteiger partial charge in [0.25, 0.3) is 5.91 Å². The van der Waals surface area contributed by atoms with Gasteiger partial charge in [0.15, 0.2) is 0 Å². The average molecular weight is 325 g/mol. The molecule has 2 aromatic rings. The molecule has 0 aliphatic carbocycles. The first-order valence-electron chi connectivity index (χ1n) is 6.16. The minimum Gasteiger partial charge on any atom is -0.481 e. The molecule has 108 valence electrons. The lowest BCUT2D eigenvalue weighted by molar-refractivity contribution is -0.138. The zero-order chi connectivity index (χ0) is 15.1. The Morgan fingerprint density at radius 3 is 2.62 bits per heavy atom. The second-order valence-corrected chi connectivity index (χ2v) is 5.50. The van der Waals surface area contributed by atoms with Crippen molar-refractivity contribution in [2.24, 2.45) is 0 Å². The minimum atomic E-state index is -0.958. The molecular weight excluding hydrogens is 315 g/mol. The maximum absolute atomic E-state index is 12.5. The number of amides is 1. The number of anilines is 1. The Balaban J connectivity index is 2.00. The fourth-order valence-corrected chi connectivity index (χ4v) is 2.79. The van der Waals surface area contributed by atoms with Gasteiger partial charge in [-0.3, -0.25) is 9.59 Å². The fourth-order valence-electron chi connectivity index (χ4n) is 2.48. The van der Waals surface area contributed by atoms with Gasteiger partial charge in [-0.15, -0.1) is 0 Å². The van der Waals surface area contributed by atoms with Crippen LogP contribution in [0.3, 0.4) is 0 Å². The number of para-hydroxylation sites is 1. The van der Waals surface area contributed by atoms with Gasteiger partial charge < -0.3 is 15.0 Å². The molecule has 1 aliphatic rings. The van der Waals surface area contributed by atoms with Crippen molar-refractivity contribution in [3.05, 3.63) is 51.8 Å². The Labute approximate surface area is 130 Å². The van der Waals surface area contributed by atoms with Crippen LogP contribution in [0.1, 0.15) is 22.0 Å². The van der Waals surface area contributed by atoms with Crippen LogP contribution in [0.15, 0.2) is 30.3 Å². The molecule has 7 heteroatoms. The van der Waals surface area contributed by atoms with Crippen LogP contribution in [0, 0.1) is 0 Å². The second kappa shape index (κ2) is 5.09. The molecule has 5 nitrogen and oxygen atoms in total. The number of hydrogen-bond donors (Lipinski definition) is 2. The molecule has 1 aliphatic heterocycles. The van der Waals surface area contributed by atoms with Crippen molar-refractivity contribution in [2.75, 3.05) is 11.4 Å². The lowest BCUT2D eigenvalue weighted by Crippen LogP contribution is -2.31. The van der Waals surface area contributed by atoms with E-state index in [2.05, 4.69) is 4.98 Å². The van der Waals surface area contributed by atoms with Crippen LogP contribution in [-0.2, 0) is 4.79 Å². The van der Waals surface area contributed by atoms with Gasteiger partial charge in [0.05, 0.1) is 5.02 Å². The minimum absolute atomic E-state index is 0.0851. The summed E-state index contributed by atoms with van der Waals surface area (Å²) in [5.41, 5.74) is 1.45. The van der Waals surface area contributed by atoms with Crippen molar-refractivity contribution in [3.63, 3.8) is 0 Å². The van der Waals surface area contributed by atoms with Crippen molar-refractivity contribution >= 4 is 40.8 Å². The number of nitrogens with one attached hydrogen (secondary N) is 1. The second-order valence-electron chi connectivity index (χ2n) is 4.71. The lowest BCUT2D eigenvalue weighted by atomic mass is 10.0. The highest BCUT2D eigenvalue weighted by Gasteiger charge is 2.37. The van der Waals surface area contributed by atoms with E-state index in [1.807, 2.05) is 0 Å². The Morgan fingerprint density at radius 2 is 2.00 bits per heavy atom. The topological polar surface area (TPSA) is 73.4 Å². The SMILES string of the molecule is O=C(O)[C@@H]1CN(C(=O)c2cc(Cl)c(Cl)[nH]2)c2ccccc21. The van der Waals surface area contributed by atoms with Crippen molar-refractivity contribution < 1.29 is 14.7 Å². The average Bonchev–Trinajstić information content (AvgIpc) is 3.00. The third kappa shape index (κ3) is 2.28. The third-order valence-corrected chi connectivity index (χ3v) is 4.16. The van der Waals surface area contributed by atoms with E-state index in [4.69, 9.17) is 23.2 Å². The number of aliphatic carboxylic acids is 1. The number of nitrogens with zero attached hydrogens (tertiary/aromatic N) is 1. The zero-order valence-corrected chi connectivity index (χ0v) is 12.1. The molecule has 0 saturated heterocycles. The Bertz CT molecular complexity index is 722. The van der Waals surface area contributed by atoms with Crippen molar-refractivity contribution in [1.29, 1.82) is 0 Å². The standard InChI is InChI=1S/C14H10Cl2N2O3/c15-9-5-10(17-12(9)16)13(19)18-6-8(14(20)21)7-3-1-2-4-11(7)18/h1-5,8,17H,6H2,(H,20,21)/t8-/m1/s1. The number of carbonyl (C=O) groups is 2. The van der Waals surface area contributed by atoms with E-state index >= 15 is 0 Å². The number of fused-ring (bicyclic) bond motifs is 1. The third-order valence-electron chi connectivity index (χ3n) is 3.47. The monoisotopic (exact) mass is 324 g/mol. The van der Waals surface area contributed by atoms with E-state index in [1.54, 1.807) is 24.3 Å². The fraction of sp³-hybridized carbons (Fsp3) is 0.143. The van der Waals surface area contributed by atoms with E-state index < -0.39 is 11.9 Å². The largest absolute Gasteiger partial charge is 0.481 e. The molecule has 2 heterocycles. The normalized spacial score (nSPS) is 16.9. The van der Waals surface area contributed by atoms with Gasteiger partial charge in [-0.25, -0.2) is 0 Å². The highest BCUT2D eigenvalue weighted by molar-refractivity contribution is 6.41. The van der Waals surface area contributed by atoms with Crippen LogP contribution >= 0.6 is 23.2 Å². The first-order chi connectivity index (χ1) is 9.99. The van der Waals surface area contributed by atoms with Crippen molar-refractivity contribution in [1.82, 2.24) is 4.98 Å². The summed E-state index contributed by atoms with van der Waals surface area (Å²) in [6.45, 7) is 0.0851. The van der Waals surface area contributed by atoms with Gasteiger partial charge >= 0.3 is 5.97 Å². The number of rotatable bonds is 2. The molecule has 3 rings (SSSR count). The van der Waals surface area contributed by atoms with E-state index in [0.717, 1.165) is 0 Å². The van der Waals surface area contributed by atoms with E-state index in [9.17, 15) is 14.7 Å². The molecular formula is C14H10Cl2N2O3. The summed E-state index contributed by atoms with van der Waals surface area (Å²) in [5, 5.41) is 9.73. The summed E-state index contributed by atoms with van der Waals surface area (Å²) in [6, 6.07) is 8.39. The quantitative estimate of drug-likeness (QED) is 0.891. The number of carboxylic acid groups (broad SMARTS) is 1. The summed E-state index contributed by atoms with van der Waals surface area (Å²) < 4.78 is 0. The Kier molecular flexibility index (Phi) is 3.39. The van der Waals surface area contributed by atoms with Gasteiger partial charge in [-0.1, -0.05) is 41.4 Å². The van der Waals surface area contributed by atoms with Gasteiger partial charge in [-0.05, 0) is 17.7 Å². The van der Waals surface area contributed by atoms with Gasteiger partial charge in [0, 0.05) is 12.2 Å². The summed E-state index contributed by atoms with van der Waals surface area (Å²) in [6.07, 6.45) is 0. The van der Waals surface area contributed by atoms with Crippen LogP contribution in [-0.4, -0.2) is 28.5 Å². The maximum Gasteiger partial charge on any atom is 0.312 e. The number of hydrogen-bond acceptors (Lipinski definition) is 2. The number of carbonyl (C=O) groups excluding carboxylic acids is 1. The maximum atomic E-state index is 12.5. The molecule has 1 aromatic heterocycles. The molecule has 0 spiro atoms. The first kappa shape index (κ1) is 14.0. The molecule has 1 aromatic carbocycles. The van der Waals surface area contributed by atoms with Gasteiger partial charge in [0.1, 0.15) is 16.8 Å². The van der Waals surface area contributed by atoms with Crippen molar-refractivity contribution in [3.8, 4) is 0 Å². The zero-order valence-electron chi connectivity index (χ0n) is 10.6. The molecule has 0 fully saturated rings. The highest BCUT2D eigenvalue weighted by Crippen LogP contribution is 2.37. The Hall–Kier alpha value is -1.98. The number of H-pyrrole nitrogens is 1. The first-order valence-corrected chi connectivity index (χ1v) is 6.92. The number of halogens is 2. The summed E-state index contributed by atoms with van der Waals surface area (Å²) in [5.74, 6) is -2.05. The molecule has 1 atom stereocenters. The van der Waals surface area contributed by atoms with Crippen LogP contribution < -0.4 is 4.90 Å². The van der Waals surface area contributed by atoms with Gasteiger partial charge in [0.2, 0.25) is 0 Å². The lowest BCUT2D eigenvalue weighted by Gasteiger charge is -2.16. The number of aromatic amines is 1. The van der Waals surface area contributed by atoms with Crippen LogP contribution in [0.2, 0.25) is 10.2 Å². The summed E-state index contributed by atoms with van der Waals surface area (Å²) in [4.78, 5) is 28.0. The molecule has 0 unspecified atom stereocenters. The predicted octanol–water partition coefficient (Wildman–Crippen LogP) is 3.15. The number of carboxylic acids is 1. The molecule has 1 amide bonds. The van der Waals surface area contributed by atoms with E-state index in [0.29, 0.717) is 11.3 Å². The van der Waals surface area contributed by atoms with Crippen LogP contribution in [0.25, 0.3) is 0 Å². The van der Waals surface area contributed by atoms with Crippen LogP contribution in [0.5, 0.6) is 0 Å². The number of aromatic nitrogens is 1. The smallest absolute Gasteiger partial charge is 0.312 e. The Morgan fingerprint density at radius 1 is 1.29 bits per heavy atom. The number of benzene rings is 1. The molecule has 0 bridgehead atoms. The van der Waals surface area contributed by atoms with Crippen molar-refractivity contribution in [2.45, 2.75) is 5.92 Å². The van der Waals surface area contributed by atoms with Crippen LogP contribution in [0.4, 0.5) is 5.69 Å². The van der Waals surface area contributed by atoms with Gasteiger partial charge in [-0.2, -0.15) is 0 Å². The molecule has 0 radical (unpaired) electrons. The van der Waals surface area contributed by atoms with E-state index in [1.165, 1.54) is 11.0 Å². The van der Waals surface area contributed by atoms with E-state index in [-0.39, 0.29) is 28.3 Å². The highest BCUT2D eigenvalue weighted by atomic mass is 35.5. The molecule has 2 N–H and O–H groups in total. The predicted molar refractivity (Wildman–Crippen MR) is 79.3 cm³/mol. The summed E-state index contributed by atoms with van der Waals surface area (Å²) >= 11 is 11.6. The summed E-state index contributed by atoms with van der Waals surface area (Å²) in [7, 11) is 0. The molecule has 21 heavy (non-hydrogen) atoms. The molecule has 0 saturated carbocycles.